The molecule has 2 atom stereocenters. The van der Waals surface area contributed by atoms with Crippen LogP contribution in [0.1, 0.15) is 32.8 Å². The van der Waals surface area contributed by atoms with E-state index in [1.165, 1.54) is 20.8 Å². The Hall–Kier alpha value is -3.44. The first-order valence-electron chi connectivity index (χ1n) is 11.7. The molecule has 2 unspecified atom stereocenters. The third kappa shape index (κ3) is 6.66. The molecule has 0 amide bonds. The highest BCUT2D eigenvalue weighted by Crippen LogP contribution is 2.43. The van der Waals surface area contributed by atoms with Gasteiger partial charge >= 0.3 is 17.9 Å². The Balaban J connectivity index is 2.84. The fourth-order valence-corrected chi connectivity index (χ4v) is 4.20. The minimum atomic E-state index is -3.70. The number of carbonyl (C=O) groups excluding carboxylic acids is 4. The summed E-state index contributed by atoms with van der Waals surface area (Å²) in [7, 11) is 0. The van der Waals surface area contributed by atoms with Crippen LogP contribution in [0.25, 0.3) is 0 Å². The zero-order chi connectivity index (χ0) is 27.8. The first kappa shape index (κ1) is 29.8. The molecule has 0 fully saturated rings. The Morgan fingerprint density at radius 3 is 2.03 bits per heavy atom. The van der Waals surface area contributed by atoms with Crippen molar-refractivity contribution < 1.29 is 51.0 Å². The van der Waals surface area contributed by atoms with E-state index >= 15 is 0 Å². The highest BCUT2D eigenvalue weighted by Gasteiger charge is 2.58. The number of rotatable bonds is 12. The number of ether oxygens (including phenoxy) is 3. The second kappa shape index (κ2) is 13.2. The van der Waals surface area contributed by atoms with E-state index < -0.39 is 72.2 Å². The molecule has 37 heavy (non-hydrogen) atoms. The number of hydrogen-bond acceptors (Lipinski definition) is 8. The predicted octanol–water partition coefficient (Wildman–Crippen LogP) is 3.33. The first-order chi connectivity index (χ1) is 17.5. The normalized spacial score (nSPS) is 18.6. The lowest BCUT2D eigenvalue weighted by Gasteiger charge is -2.44. The first-order valence-corrected chi connectivity index (χ1v) is 11.7. The van der Waals surface area contributed by atoms with Crippen molar-refractivity contribution in [3.63, 3.8) is 0 Å². The quantitative estimate of drug-likeness (QED) is 0.175. The number of ketones is 1. The molecule has 0 N–H and O–H groups in total. The Morgan fingerprint density at radius 1 is 0.919 bits per heavy atom. The van der Waals surface area contributed by atoms with Crippen molar-refractivity contribution in [3.05, 3.63) is 47.2 Å². The topological polar surface area (TPSA) is 99.2 Å². The summed E-state index contributed by atoms with van der Waals surface area (Å²) in [4.78, 5) is 52.3. The summed E-state index contributed by atoms with van der Waals surface area (Å²) >= 11 is 0. The van der Waals surface area contributed by atoms with Gasteiger partial charge in [0.25, 0.3) is 12.9 Å². The van der Waals surface area contributed by atoms with Crippen LogP contribution in [-0.2, 0) is 39.8 Å². The van der Waals surface area contributed by atoms with Crippen molar-refractivity contribution in [3.8, 4) is 0 Å². The van der Waals surface area contributed by atoms with Gasteiger partial charge in [0, 0.05) is 19.4 Å². The maximum atomic E-state index is 14.5. The van der Waals surface area contributed by atoms with E-state index in [1.54, 1.807) is 30.3 Å². The maximum absolute atomic E-state index is 14.5. The minimum Gasteiger partial charge on any atom is -0.465 e. The lowest BCUT2D eigenvalue weighted by molar-refractivity contribution is -0.169. The lowest BCUT2D eigenvalue weighted by Crippen LogP contribution is -2.59. The summed E-state index contributed by atoms with van der Waals surface area (Å²) in [5.41, 5.74) is -4.15. The summed E-state index contributed by atoms with van der Waals surface area (Å²) in [6, 6.07) is 6.53. The van der Waals surface area contributed by atoms with Gasteiger partial charge in [0.15, 0.2) is 5.41 Å². The summed E-state index contributed by atoms with van der Waals surface area (Å²) in [6.07, 6.45) is -8.45. The summed E-state index contributed by atoms with van der Waals surface area (Å²) < 4.78 is 71.5. The Labute approximate surface area is 211 Å². The smallest absolute Gasteiger partial charge is 0.336 e. The largest absolute Gasteiger partial charge is 0.465 e. The third-order valence-corrected chi connectivity index (χ3v) is 5.81. The molecular formula is C25H29F4NO7. The number of alkyl halides is 4. The van der Waals surface area contributed by atoms with E-state index in [0.29, 0.717) is 10.5 Å². The molecule has 0 aromatic heterocycles. The second-order valence-corrected chi connectivity index (χ2v) is 8.11. The van der Waals surface area contributed by atoms with E-state index in [2.05, 4.69) is 0 Å². The standard InChI is InChI=1S/C25H29F4NO7/c1-4-35-22(32)16-13-25(19(31)21(28)29,24(34)37-6-3)14-30(18(16)20(26)27)17(23(33)36-5-2)12-15-10-8-7-9-11-15/h7-11,17,20-21H,4-6,12-14H2,1-3H3. The van der Waals surface area contributed by atoms with Gasteiger partial charge in [0.05, 0.1) is 31.1 Å². The number of Topliss-reactive ketones (excluding diaryl/α,β-unsaturated/α-hetero) is 1. The number of hydrogen-bond donors (Lipinski definition) is 0. The van der Waals surface area contributed by atoms with Crippen molar-refractivity contribution in [1.82, 2.24) is 4.90 Å². The van der Waals surface area contributed by atoms with Gasteiger partial charge < -0.3 is 19.1 Å². The van der Waals surface area contributed by atoms with Gasteiger partial charge in [-0.25, -0.2) is 27.2 Å². The average Bonchev–Trinajstić information content (AvgIpc) is 2.86. The zero-order valence-electron chi connectivity index (χ0n) is 20.7. The van der Waals surface area contributed by atoms with E-state index in [9.17, 15) is 36.7 Å². The molecule has 1 aliphatic heterocycles. The van der Waals surface area contributed by atoms with E-state index in [1.807, 2.05) is 0 Å². The van der Waals surface area contributed by atoms with Crippen LogP contribution in [0, 0.1) is 5.41 Å². The van der Waals surface area contributed by atoms with Crippen LogP contribution in [0.5, 0.6) is 0 Å². The van der Waals surface area contributed by atoms with Crippen molar-refractivity contribution in [1.29, 1.82) is 0 Å². The number of carbonyl (C=O) groups is 4. The third-order valence-electron chi connectivity index (χ3n) is 5.81. The lowest BCUT2D eigenvalue weighted by atomic mass is 9.73. The van der Waals surface area contributed by atoms with Crippen LogP contribution in [0.15, 0.2) is 41.6 Å². The molecule has 0 bridgehead atoms. The van der Waals surface area contributed by atoms with Gasteiger partial charge in [-0.3, -0.25) is 9.59 Å². The monoisotopic (exact) mass is 531 g/mol. The van der Waals surface area contributed by atoms with Gasteiger partial charge in [-0.2, -0.15) is 0 Å². The molecule has 12 heteroatoms. The maximum Gasteiger partial charge on any atom is 0.336 e. The molecule has 0 aliphatic carbocycles. The molecular weight excluding hydrogens is 502 g/mol. The zero-order valence-corrected chi connectivity index (χ0v) is 20.7. The molecule has 0 spiro atoms. The average molecular weight is 531 g/mol. The van der Waals surface area contributed by atoms with E-state index in [-0.39, 0.29) is 26.2 Å². The molecule has 1 heterocycles. The summed E-state index contributed by atoms with van der Waals surface area (Å²) in [5, 5.41) is 0. The van der Waals surface area contributed by atoms with Gasteiger partial charge in [0.2, 0.25) is 5.78 Å². The molecule has 1 aromatic rings. The van der Waals surface area contributed by atoms with Crippen LogP contribution in [-0.4, -0.2) is 73.8 Å². The molecule has 0 saturated heterocycles. The molecule has 2 rings (SSSR count). The van der Waals surface area contributed by atoms with Crippen molar-refractivity contribution in [2.45, 2.75) is 52.5 Å². The fourth-order valence-electron chi connectivity index (χ4n) is 4.20. The van der Waals surface area contributed by atoms with Crippen molar-refractivity contribution in [2.24, 2.45) is 5.41 Å². The second-order valence-electron chi connectivity index (χ2n) is 8.11. The molecule has 1 aromatic carbocycles. The van der Waals surface area contributed by atoms with E-state index in [4.69, 9.17) is 14.2 Å². The number of allylic oxidation sites excluding steroid dienone is 1. The predicted molar refractivity (Wildman–Crippen MR) is 122 cm³/mol. The Kier molecular flexibility index (Phi) is 10.6. The van der Waals surface area contributed by atoms with Crippen LogP contribution in [0.3, 0.4) is 0 Å². The van der Waals surface area contributed by atoms with Gasteiger partial charge in [-0.15, -0.1) is 0 Å². The minimum absolute atomic E-state index is 0.143. The molecule has 1 aliphatic rings. The van der Waals surface area contributed by atoms with Crippen LogP contribution >= 0.6 is 0 Å². The molecule has 0 saturated carbocycles. The van der Waals surface area contributed by atoms with Gasteiger partial charge in [0.1, 0.15) is 6.04 Å². The fraction of sp³-hybridized carbons (Fsp3) is 0.520. The molecule has 0 radical (unpaired) electrons. The van der Waals surface area contributed by atoms with Crippen molar-refractivity contribution in [2.75, 3.05) is 26.4 Å². The molecule has 204 valence electrons. The van der Waals surface area contributed by atoms with Crippen LogP contribution < -0.4 is 0 Å². The van der Waals surface area contributed by atoms with Crippen LogP contribution in [0.4, 0.5) is 17.6 Å². The summed E-state index contributed by atoms with van der Waals surface area (Å²) in [6.45, 7) is 2.44. The number of esters is 3. The number of nitrogens with zero attached hydrogens (tertiary/aromatic N) is 1. The highest BCUT2D eigenvalue weighted by molar-refractivity contribution is 6.07. The van der Waals surface area contributed by atoms with Crippen LogP contribution in [0.2, 0.25) is 0 Å². The number of benzene rings is 1. The Bertz CT molecular complexity index is 1020. The SMILES string of the molecule is CCOC(=O)C1=C(C(F)F)N(C(Cc2ccccc2)C(=O)OCC)CC(C(=O)OCC)(C(=O)C(F)F)C1. The van der Waals surface area contributed by atoms with Gasteiger partial charge in [-0.1, -0.05) is 30.3 Å². The van der Waals surface area contributed by atoms with Crippen molar-refractivity contribution >= 4 is 23.7 Å². The summed E-state index contributed by atoms with van der Waals surface area (Å²) in [5.74, 6) is -5.70. The molecule has 8 nitrogen and oxygen atoms in total. The number of halogens is 4. The van der Waals surface area contributed by atoms with Gasteiger partial charge in [-0.05, 0) is 26.3 Å². The highest BCUT2D eigenvalue weighted by atomic mass is 19.3. The Morgan fingerprint density at radius 2 is 1.51 bits per heavy atom. The van der Waals surface area contributed by atoms with E-state index in [0.717, 1.165) is 0 Å².